The molecular weight excluding hydrogens is 445 g/mol. The van der Waals surface area contributed by atoms with Crippen LogP contribution in [0.25, 0.3) is 21.8 Å². The molecule has 34 heavy (non-hydrogen) atoms. The summed E-state index contributed by atoms with van der Waals surface area (Å²) in [6.07, 6.45) is 6.04. The zero-order valence-corrected chi connectivity index (χ0v) is 22.6. The van der Waals surface area contributed by atoms with Crippen LogP contribution in [0.1, 0.15) is 91.2 Å². The lowest BCUT2D eigenvalue weighted by molar-refractivity contribution is 0.193. The van der Waals surface area contributed by atoms with E-state index in [1.54, 1.807) is 0 Å². The third kappa shape index (κ3) is 6.95. The summed E-state index contributed by atoms with van der Waals surface area (Å²) in [6, 6.07) is 13.9. The summed E-state index contributed by atoms with van der Waals surface area (Å²) in [7, 11) is -4.33. The van der Waals surface area contributed by atoms with Crippen molar-refractivity contribution in [1.29, 1.82) is 0 Å². The second kappa shape index (κ2) is 10.5. The number of unbranched alkanes of at least 4 members (excludes halogenated alkanes) is 5. The number of rotatable bonds is 10. The zero-order chi connectivity index (χ0) is 25.1. The van der Waals surface area contributed by atoms with Crippen molar-refractivity contribution in [1.82, 2.24) is 4.57 Å². The molecular formula is C28H42NO4P. The van der Waals surface area contributed by atoms with Crippen molar-refractivity contribution in [3.8, 4) is 0 Å². The second-order valence-corrected chi connectivity index (χ2v) is 12.8. The number of hydrogen-bond acceptors (Lipinski definition) is 2. The molecule has 0 saturated heterocycles. The van der Waals surface area contributed by atoms with Gasteiger partial charge in [0.1, 0.15) is 0 Å². The first-order chi connectivity index (χ1) is 15.8. The van der Waals surface area contributed by atoms with Crippen LogP contribution < -0.4 is 0 Å². The molecule has 0 radical (unpaired) electrons. The predicted octanol–water partition coefficient (Wildman–Crippen LogP) is 7.84. The molecule has 0 aliphatic heterocycles. The van der Waals surface area contributed by atoms with E-state index in [0.717, 1.165) is 38.6 Å². The number of aromatic nitrogens is 1. The first-order valence-corrected chi connectivity index (χ1v) is 14.1. The molecule has 0 spiro atoms. The first-order valence-electron chi connectivity index (χ1n) is 12.5. The number of hydrogen-bond donors (Lipinski definition) is 2. The molecule has 3 rings (SSSR count). The summed E-state index contributed by atoms with van der Waals surface area (Å²) in [6.45, 7) is 14.7. The SMILES string of the molecule is CC(C)(C)c1ccc2c(c1)c1cc(C(C)(C)C)ccc1n2CCCCCCCCOP(=O)(O)O. The van der Waals surface area contributed by atoms with Gasteiger partial charge in [0.2, 0.25) is 0 Å². The van der Waals surface area contributed by atoms with Crippen molar-refractivity contribution in [2.75, 3.05) is 6.61 Å². The minimum Gasteiger partial charge on any atom is -0.340 e. The molecule has 188 valence electrons. The Labute approximate surface area is 204 Å². The Hall–Kier alpha value is -1.65. The van der Waals surface area contributed by atoms with E-state index in [4.69, 9.17) is 9.79 Å². The molecule has 5 nitrogen and oxygen atoms in total. The number of phosphoric acid groups is 1. The van der Waals surface area contributed by atoms with Crippen LogP contribution >= 0.6 is 7.82 Å². The highest BCUT2D eigenvalue weighted by molar-refractivity contribution is 7.46. The minimum absolute atomic E-state index is 0.112. The van der Waals surface area contributed by atoms with E-state index in [9.17, 15) is 4.57 Å². The molecule has 0 aliphatic carbocycles. The molecule has 1 aromatic heterocycles. The first kappa shape index (κ1) is 26.9. The fourth-order valence-electron chi connectivity index (χ4n) is 4.54. The van der Waals surface area contributed by atoms with Crippen molar-refractivity contribution in [3.05, 3.63) is 47.5 Å². The number of nitrogens with zero attached hydrogens (tertiary/aromatic N) is 1. The van der Waals surface area contributed by atoms with E-state index < -0.39 is 7.82 Å². The van der Waals surface area contributed by atoms with Crippen molar-refractivity contribution >= 4 is 29.6 Å². The summed E-state index contributed by atoms with van der Waals surface area (Å²) in [5, 5.41) is 2.69. The molecule has 1 heterocycles. The highest BCUT2D eigenvalue weighted by Crippen LogP contribution is 2.37. The second-order valence-electron chi connectivity index (χ2n) is 11.6. The molecule has 2 N–H and O–H groups in total. The lowest BCUT2D eigenvalue weighted by Crippen LogP contribution is -2.10. The Morgan fingerprint density at radius 2 is 1.18 bits per heavy atom. The van der Waals surface area contributed by atoms with E-state index in [2.05, 4.69) is 87.0 Å². The fourth-order valence-corrected chi connectivity index (χ4v) is 4.91. The average Bonchev–Trinajstić information content (AvgIpc) is 3.03. The van der Waals surface area contributed by atoms with Gasteiger partial charge in [-0.15, -0.1) is 0 Å². The van der Waals surface area contributed by atoms with Crippen LogP contribution in [0, 0.1) is 0 Å². The van der Waals surface area contributed by atoms with Crippen LogP contribution in [0.15, 0.2) is 36.4 Å². The third-order valence-corrected chi connectivity index (χ3v) is 7.15. The fraction of sp³-hybridized carbons (Fsp3) is 0.571. The van der Waals surface area contributed by atoms with Crippen LogP contribution in [-0.2, 0) is 26.5 Å². The normalized spacial score (nSPS) is 13.3. The van der Waals surface area contributed by atoms with Gasteiger partial charge in [0.25, 0.3) is 0 Å². The maximum atomic E-state index is 10.7. The monoisotopic (exact) mass is 487 g/mol. The van der Waals surface area contributed by atoms with Crippen LogP contribution in [0.2, 0.25) is 0 Å². The molecule has 0 saturated carbocycles. The lowest BCUT2D eigenvalue weighted by atomic mass is 9.85. The minimum atomic E-state index is -4.33. The van der Waals surface area contributed by atoms with Gasteiger partial charge in [0.05, 0.1) is 6.61 Å². The number of fused-ring (bicyclic) bond motifs is 3. The number of benzene rings is 2. The molecule has 2 aromatic carbocycles. The lowest BCUT2D eigenvalue weighted by Gasteiger charge is -2.19. The summed E-state index contributed by atoms with van der Waals surface area (Å²) < 4.78 is 17.7. The van der Waals surface area contributed by atoms with Gasteiger partial charge in [-0.1, -0.05) is 79.4 Å². The van der Waals surface area contributed by atoms with Crippen molar-refractivity contribution < 1.29 is 18.9 Å². The molecule has 0 amide bonds. The van der Waals surface area contributed by atoms with Gasteiger partial charge < -0.3 is 14.4 Å². The topological polar surface area (TPSA) is 71.7 Å². The van der Waals surface area contributed by atoms with Crippen molar-refractivity contribution in [3.63, 3.8) is 0 Å². The van der Waals surface area contributed by atoms with Crippen LogP contribution in [-0.4, -0.2) is 21.0 Å². The summed E-state index contributed by atoms with van der Waals surface area (Å²) in [5.41, 5.74) is 5.57. The molecule has 0 bridgehead atoms. The number of aryl methyl sites for hydroxylation is 1. The van der Waals surface area contributed by atoms with Crippen LogP contribution in [0.5, 0.6) is 0 Å². The van der Waals surface area contributed by atoms with Gasteiger partial charge in [0.15, 0.2) is 0 Å². The van der Waals surface area contributed by atoms with Gasteiger partial charge in [-0.05, 0) is 59.1 Å². The molecule has 0 unspecified atom stereocenters. The quantitative estimate of drug-likeness (QED) is 0.226. The maximum Gasteiger partial charge on any atom is 0.469 e. The largest absolute Gasteiger partial charge is 0.469 e. The molecule has 0 atom stereocenters. The standard InChI is InChI=1S/C28H42NO4P/c1-27(2,3)21-13-15-25-23(19-21)24-20-22(28(4,5)6)14-16-26(24)29(25)17-11-9-7-8-10-12-18-33-34(30,31)32/h13-16,19-20H,7-12,17-18H2,1-6H3,(H2,30,31,32). The Kier molecular flexibility index (Phi) is 8.35. The molecule has 0 aliphatic rings. The van der Waals surface area contributed by atoms with Crippen molar-refractivity contribution in [2.24, 2.45) is 0 Å². The highest BCUT2D eigenvalue weighted by atomic mass is 31.2. The van der Waals surface area contributed by atoms with Gasteiger partial charge in [-0.25, -0.2) is 4.57 Å². The Bertz CT molecular complexity index is 1090. The summed E-state index contributed by atoms with van der Waals surface area (Å²) >= 11 is 0. The highest BCUT2D eigenvalue weighted by Gasteiger charge is 2.20. The predicted molar refractivity (Wildman–Crippen MR) is 143 cm³/mol. The Balaban J connectivity index is 1.73. The number of phosphoric ester groups is 1. The Morgan fingerprint density at radius 1 is 0.735 bits per heavy atom. The summed E-state index contributed by atoms with van der Waals surface area (Å²) in [4.78, 5) is 17.5. The smallest absolute Gasteiger partial charge is 0.340 e. The maximum absolute atomic E-state index is 10.7. The van der Waals surface area contributed by atoms with E-state index >= 15 is 0 Å². The molecule has 0 fully saturated rings. The molecule has 3 aromatic rings. The van der Waals surface area contributed by atoms with E-state index in [1.807, 2.05) is 0 Å². The van der Waals surface area contributed by atoms with Crippen LogP contribution in [0.3, 0.4) is 0 Å². The van der Waals surface area contributed by atoms with E-state index in [1.165, 1.54) is 32.9 Å². The molecule has 6 heteroatoms. The zero-order valence-electron chi connectivity index (χ0n) is 21.7. The Morgan fingerprint density at radius 3 is 1.62 bits per heavy atom. The van der Waals surface area contributed by atoms with Gasteiger partial charge in [-0.3, -0.25) is 4.52 Å². The van der Waals surface area contributed by atoms with Gasteiger partial charge in [0, 0.05) is 28.4 Å². The van der Waals surface area contributed by atoms with Gasteiger partial charge in [-0.2, -0.15) is 0 Å². The van der Waals surface area contributed by atoms with Crippen molar-refractivity contribution in [2.45, 2.75) is 97.4 Å². The van der Waals surface area contributed by atoms with Gasteiger partial charge >= 0.3 is 7.82 Å². The third-order valence-electron chi connectivity index (χ3n) is 6.63. The van der Waals surface area contributed by atoms with E-state index in [-0.39, 0.29) is 17.4 Å². The van der Waals surface area contributed by atoms with E-state index in [0.29, 0.717) is 6.42 Å². The summed E-state index contributed by atoms with van der Waals surface area (Å²) in [5.74, 6) is 0. The average molecular weight is 488 g/mol. The van der Waals surface area contributed by atoms with Crippen LogP contribution in [0.4, 0.5) is 0 Å².